The van der Waals surface area contributed by atoms with Gasteiger partial charge in [-0.05, 0) is 40.5 Å². The molecule has 0 saturated heterocycles. The van der Waals surface area contributed by atoms with E-state index in [4.69, 9.17) is 0 Å². The average molecular weight is 416 g/mol. The lowest BCUT2D eigenvalue weighted by Gasteiger charge is -2.44. The summed E-state index contributed by atoms with van der Waals surface area (Å²) in [6.07, 6.45) is 2.45. The van der Waals surface area contributed by atoms with Crippen molar-refractivity contribution < 1.29 is 19.8 Å². The smallest absolute Gasteiger partial charge is 0.222 e. The predicted molar refractivity (Wildman–Crippen MR) is 118 cm³/mol. The molecule has 29 heavy (non-hydrogen) atoms. The van der Waals surface area contributed by atoms with Gasteiger partial charge in [0.1, 0.15) is 0 Å². The summed E-state index contributed by atoms with van der Waals surface area (Å²) in [4.78, 5) is 31.0. The molecule has 0 heterocycles. The Balaban J connectivity index is 5.34. The van der Waals surface area contributed by atoms with E-state index in [0.717, 1.165) is 6.42 Å². The van der Waals surface area contributed by atoms with Crippen LogP contribution in [0.4, 0.5) is 0 Å². The number of aliphatic hydroxyl groups excluding tert-OH is 2. The molecule has 172 valence electrons. The Morgan fingerprint density at radius 2 is 1.14 bits per heavy atom. The lowest BCUT2D eigenvalue weighted by Crippen LogP contribution is -2.54. The summed E-state index contributed by atoms with van der Waals surface area (Å²) in [5, 5.41) is 18.4. The molecule has 0 aliphatic rings. The first-order valence-corrected chi connectivity index (χ1v) is 11.1. The van der Waals surface area contributed by atoms with Crippen molar-refractivity contribution in [2.24, 2.45) is 0 Å². The van der Waals surface area contributed by atoms with Crippen molar-refractivity contribution in [3.63, 3.8) is 0 Å². The van der Waals surface area contributed by atoms with E-state index in [-0.39, 0.29) is 30.6 Å². The van der Waals surface area contributed by atoms with E-state index in [1.807, 2.05) is 28.5 Å². The minimum atomic E-state index is -0.409. The van der Waals surface area contributed by atoms with Gasteiger partial charge in [0.05, 0.1) is 13.2 Å². The van der Waals surface area contributed by atoms with E-state index in [1.165, 1.54) is 0 Å². The molecule has 0 bridgehead atoms. The summed E-state index contributed by atoms with van der Waals surface area (Å²) in [5.41, 5.74) is -0.630. The Bertz CT molecular complexity index is 488. The van der Waals surface area contributed by atoms with Crippen LogP contribution in [0, 0.1) is 0 Å². The quantitative estimate of drug-likeness (QED) is 0.428. The predicted octanol–water partition coefficient (Wildman–Crippen LogP) is 2.11. The van der Waals surface area contributed by atoms with E-state index in [9.17, 15) is 19.8 Å². The van der Waals surface area contributed by atoms with Gasteiger partial charge in [-0.3, -0.25) is 14.5 Å². The Hall–Kier alpha value is -1.18. The number of rotatable bonds is 15. The number of hydrogen-bond acceptors (Lipinski definition) is 5. The summed E-state index contributed by atoms with van der Waals surface area (Å²) in [5.74, 6) is 0.212. The highest BCUT2D eigenvalue weighted by Gasteiger charge is 2.34. The Morgan fingerprint density at radius 3 is 1.52 bits per heavy atom. The van der Waals surface area contributed by atoms with Crippen molar-refractivity contribution >= 4 is 11.8 Å². The lowest BCUT2D eigenvalue weighted by molar-refractivity contribution is -0.139. The maximum atomic E-state index is 12.7. The Morgan fingerprint density at radius 1 is 0.690 bits per heavy atom. The van der Waals surface area contributed by atoms with Crippen LogP contribution < -0.4 is 0 Å². The summed E-state index contributed by atoms with van der Waals surface area (Å²) in [7, 11) is 0. The van der Waals surface area contributed by atoms with Crippen molar-refractivity contribution in [3.8, 4) is 0 Å². The molecule has 0 aliphatic carbocycles. The minimum absolute atomic E-state index is 0.0192. The molecular weight excluding hydrogens is 370 g/mol. The zero-order valence-corrected chi connectivity index (χ0v) is 19.8. The number of hydrogen-bond donors (Lipinski definition) is 2. The minimum Gasteiger partial charge on any atom is -0.395 e. The Kier molecular flexibility index (Phi) is 12.7. The van der Waals surface area contributed by atoms with E-state index in [0.29, 0.717) is 52.0 Å². The van der Waals surface area contributed by atoms with Gasteiger partial charge in [-0.15, -0.1) is 0 Å². The van der Waals surface area contributed by atoms with Crippen LogP contribution in [0.3, 0.4) is 0 Å². The molecule has 0 aromatic heterocycles. The third-order valence-corrected chi connectivity index (χ3v) is 5.95. The molecule has 2 N–H and O–H groups in total. The summed E-state index contributed by atoms with van der Waals surface area (Å²) >= 11 is 0. The van der Waals surface area contributed by atoms with Crippen LogP contribution in [-0.2, 0) is 9.59 Å². The number of nitrogens with zero attached hydrogens (tertiary/aromatic N) is 3. The van der Waals surface area contributed by atoms with E-state index < -0.39 is 5.54 Å². The molecule has 0 aliphatic heterocycles. The van der Waals surface area contributed by atoms with Crippen LogP contribution >= 0.6 is 0 Å². The number of carbonyl (C=O) groups excluding carboxylic acids is 2. The fourth-order valence-electron chi connectivity index (χ4n) is 3.48. The monoisotopic (exact) mass is 415 g/mol. The number of aliphatic hydroxyl groups is 2. The standard InChI is InChI=1S/C22H45N3O4/c1-8-19(28)24(21(4,5)10-3)12-11-22(6,7)25(20(29)9-2)14-13-23(15-17-26)16-18-27/h26-27H,8-18H2,1-7H3. The highest BCUT2D eigenvalue weighted by Crippen LogP contribution is 2.25. The van der Waals surface area contributed by atoms with Crippen LogP contribution in [0.5, 0.6) is 0 Å². The molecule has 0 aromatic rings. The molecule has 0 radical (unpaired) electrons. The normalized spacial score (nSPS) is 12.3. The molecule has 7 heteroatoms. The summed E-state index contributed by atoms with van der Waals surface area (Å²) in [6.45, 7) is 16.8. The van der Waals surface area contributed by atoms with E-state index in [1.54, 1.807) is 0 Å². The van der Waals surface area contributed by atoms with Gasteiger partial charge in [-0.25, -0.2) is 0 Å². The van der Waals surface area contributed by atoms with Crippen molar-refractivity contribution in [1.82, 2.24) is 14.7 Å². The Labute approximate surface area is 178 Å². The maximum Gasteiger partial charge on any atom is 0.222 e. The first-order valence-electron chi connectivity index (χ1n) is 11.1. The van der Waals surface area contributed by atoms with Crippen LogP contribution in [0.25, 0.3) is 0 Å². The molecular formula is C22H45N3O4. The van der Waals surface area contributed by atoms with Gasteiger partial charge in [0.25, 0.3) is 0 Å². The van der Waals surface area contributed by atoms with E-state index >= 15 is 0 Å². The third kappa shape index (κ3) is 9.01. The maximum absolute atomic E-state index is 12.7. The van der Waals surface area contributed by atoms with Gasteiger partial charge in [0.2, 0.25) is 11.8 Å². The average Bonchev–Trinajstić information content (AvgIpc) is 2.67. The fraction of sp³-hybridized carbons (Fsp3) is 0.909. The zero-order chi connectivity index (χ0) is 22.7. The van der Waals surface area contributed by atoms with Gasteiger partial charge >= 0.3 is 0 Å². The van der Waals surface area contributed by atoms with Crippen molar-refractivity contribution in [1.29, 1.82) is 0 Å². The molecule has 7 nitrogen and oxygen atoms in total. The molecule has 0 atom stereocenters. The van der Waals surface area contributed by atoms with Crippen LogP contribution in [0.15, 0.2) is 0 Å². The van der Waals surface area contributed by atoms with Gasteiger partial charge in [0, 0.05) is 56.6 Å². The summed E-state index contributed by atoms with van der Waals surface area (Å²) in [6, 6.07) is 0. The molecule has 0 rings (SSSR count). The molecule has 0 saturated carbocycles. The fourth-order valence-corrected chi connectivity index (χ4v) is 3.48. The lowest BCUT2D eigenvalue weighted by atomic mass is 9.93. The van der Waals surface area contributed by atoms with Crippen molar-refractivity contribution in [2.45, 2.75) is 85.2 Å². The highest BCUT2D eigenvalue weighted by atomic mass is 16.3. The van der Waals surface area contributed by atoms with Crippen LogP contribution in [0.2, 0.25) is 0 Å². The van der Waals surface area contributed by atoms with Crippen molar-refractivity contribution in [3.05, 3.63) is 0 Å². The highest BCUT2D eigenvalue weighted by molar-refractivity contribution is 5.77. The summed E-state index contributed by atoms with van der Waals surface area (Å²) < 4.78 is 0. The second-order valence-electron chi connectivity index (χ2n) is 8.82. The van der Waals surface area contributed by atoms with Crippen molar-refractivity contribution in [2.75, 3.05) is 45.9 Å². The van der Waals surface area contributed by atoms with Gasteiger partial charge < -0.3 is 20.0 Å². The van der Waals surface area contributed by atoms with Crippen LogP contribution in [0.1, 0.15) is 74.1 Å². The van der Waals surface area contributed by atoms with Gasteiger partial charge in [0.15, 0.2) is 0 Å². The van der Waals surface area contributed by atoms with Gasteiger partial charge in [-0.1, -0.05) is 20.8 Å². The second kappa shape index (κ2) is 13.2. The molecule has 0 fully saturated rings. The zero-order valence-electron chi connectivity index (χ0n) is 19.8. The molecule has 0 aromatic carbocycles. The van der Waals surface area contributed by atoms with Gasteiger partial charge in [-0.2, -0.15) is 0 Å². The number of amides is 2. The molecule has 0 spiro atoms. The topological polar surface area (TPSA) is 84.3 Å². The molecule has 0 unspecified atom stereocenters. The largest absolute Gasteiger partial charge is 0.395 e. The first kappa shape index (κ1) is 27.8. The SMILES string of the molecule is CCC(=O)N(CCC(C)(C)N(CCN(CCO)CCO)C(=O)CC)C(C)(C)CC. The number of carbonyl (C=O) groups is 2. The van der Waals surface area contributed by atoms with E-state index in [2.05, 4.69) is 34.6 Å². The third-order valence-electron chi connectivity index (χ3n) is 5.95. The molecule has 2 amide bonds. The second-order valence-corrected chi connectivity index (χ2v) is 8.82. The van der Waals surface area contributed by atoms with Crippen LogP contribution in [-0.4, -0.2) is 93.7 Å². The first-order chi connectivity index (χ1) is 13.5.